The highest BCUT2D eigenvalue weighted by molar-refractivity contribution is 5.78. The quantitative estimate of drug-likeness (QED) is 0.448. The van der Waals surface area contributed by atoms with Crippen LogP contribution in [0.25, 0.3) is 0 Å². The van der Waals surface area contributed by atoms with Crippen molar-refractivity contribution < 1.29 is 9.90 Å². The Morgan fingerprint density at radius 3 is 2.70 bits per heavy atom. The molecule has 0 aliphatic heterocycles. The lowest BCUT2D eigenvalue weighted by atomic mass is 10.5. The predicted octanol–water partition coefficient (Wildman–Crippen LogP) is -0.950. The number of carbonyl (C=O) groups is 1. The van der Waals surface area contributed by atoms with Crippen molar-refractivity contribution >= 4 is 5.91 Å². The summed E-state index contributed by atoms with van der Waals surface area (Å²) < 4.78 is 0. The van der Waals surface area contributed by atoms with Crippen LogP contribution in [0.1, 0.15) is 13.8 Å². The molecule has 1 unspecified atom stereocenters. The molecular formula is C6H14N2O2. The molecule has 0 heterocycles. The Balaban J connectivity index is 3.26. The third kappa shape index (κ3) is 5.53. The number of carbonyl (C=O) groups excluding carboxylic acids is 1. The van der Waals surface area contributed by atoms with Gasteiger partial charge in [-0.2, -0.15) is 0 Å². The van der Waals surface area contributed by atoms with E-state index in [4.69, 9.17) is 5.11 Å². The van der Waals surface area contributed by atoms with Gasteiger partial charge in [0.05, 0.1) is 6.54 Å². The zero-order valence-corrected chi connectivity index (χ0v) is 6.35. The topological polar surface area (TPSA) is 61.4 Å². The first-order valence-electron chi connectivity index (χ1n) is 3.35. The number of hydrogen-bond acceptors (Lipinski definition) is 3. The average Bonchev–Trinajstić information content (AvgIpc) is 1.82. The van der Waals surface area contributed by atoms with Crippen molar-refractivity contribution in [2.75, 3.05) is 13.1 Å². The molecular weight excluding hydrogens is 132 g/mol. The van der Waals surface area contributed by atoms with Gasteiger partial charge in [-0.05, 0) is 13.5 Å². The summed E-state index contributed by atoms with van der Waals surface area (Å²) in [6.45, 7) is 4.44. The van der Waals surface area contributed by atoms with Gasteiger partial charge >= 0.3 is 0 Å². The molecule has 0 saturated heterocycles. The van der Waals surface area contributed by atoms with Crippen LogP contribution >= 0.6 is 0 Å². The van der Waals surface area contributed by atoms with Gasteiger partial charge in [-0.25, -0.2) is 0 Å². The van der Waals surface area contributed by atoms with Crippen molar-refractivity contribution in [3.05, 3.63) is 0 Å². The third-order valence-corrected chi connectivity index (χ3v) is 0.905. The first kappa shape index (κ1) is 9.39. The van der Waals surface area contributed by atoms with Crippen LogP contribution in [-0.2, 0) is 4.79 Å². The first-order chi connectivity index (χ1) is 4.66. The second-order valence-corrected chi connectivity index (χ2v) is 2.02. The van der Waals surface area contributed by atoms with Gasteiger partial charge in [0.25, 0.3) is 0 Å². The van der Waals surface area contributed by atoms with Crippen LogP contribution in [0.5, 0.6) is 0 Å². The molecule has 60 valence electrons. The monoisotopic (exact) mass is 146 g/mol. The highest BCUT2D eigenvalue weighted by Crippen LogP contribution is 1.70. The van der Waals surface area contributed by atoms with E-state index < -0.39 is 6.23 Å². The Bertz CT molecular complexity index is 104. The predicted molar refractivity (Wildman–Crippen MR) is 38.4 cm³/mol. The molecule has 0 fully saturated rings. The summed E-state index contributed by atoms with van der Waals surface area (Å²) >= 11 is 0. The van der Waals surface area contributed by atoms with E-state index in [2.05, 4.69) is 10.6 Å². The number of amides is 1. The van der Waals surface area contributed by atoms with Gasteiger partial charge in [0.1, 0.15) is 6.23 Å². The van der Waals surface area contributed by atoms with Crippen LogP contribution in [0.15, 0.2) is 0 Å². The smallest absolute Gasteiger partial charge is 0.235 e. The summed E-state index contributed by atoms with van der Waals surface area (Å²) in [7, 11) is 0. The molecule has 0 aliphatic carbocycles. The van der Waals surface area contributed by atoms with Gasteiger partial charge in [0, 0.05) is 0 Å². The SMILES string of the molecule is CCNCC(=O)NC(C)O. The summed E-state index contributed by atoms with van der Waals surface area (Å²) in [5, 5.41) is 13.8. The van der Waals surface area contributed by atoms with Crippen LogP contribution in [0, 0.1) is 0 Å². The zero-order chi connectivity index (χ0) is 7.98. The second kappa shape index (κ2) is 5.20. The lowest BCUT2D eigenvalue weighted by Crippen LogP contribution is -2.38. The van der Waals surface area contributed by atoms with E-state index >= 15 is 0 Å². The number of hydrogen-bond donors (Lipinski definition) is 3. The summed E-state index contributed by atoms with van der Waals surface area (Å²) in [6.07, 6.45) is -0.758. The summed E-state index contributed by atoms with van der Waals surface area (Å²) in [6, 6.07) is 0. The molecule has 0 rings (SSSR count). The fourth-order valence-corrected chi connectivity index (χ4v) is 0.523. The van der Waals surface area contributed by atoms with Crippen molar-refractivity contribution in [1.82, 2.24) is 10.6 Å². The molecule has 4 nitrogen and oxygen atoms in total. The highest BCUT2D eigenvalue weighted by atomic mass is 16.3. The van der Waals surface area contributed by atoms with E-state index in [1.807, 2.05) is 6.92 Å². The standard InChI is InChI=1S/C6H14N2O2/c1-3-7-4-6(10)8-5(2)9/h5,7,9H,3-4H2,1-2H3,(H,8,10). The molecule has 0 radical (unpaired) electrons. The lowest BCUT2D eigenvalue weighted by molar-refractivity contribution is -0.122. The Morgan fingerprint density at radius 2 is 2.30 bits per heavy atom. The fraction of sp³-hybridized carbons (Fsp3) is 0.833. The number of rotatable bonds is 4. The van der Waals surface area contributed by atoms with E-state index in [-0.39, 0.29) is 12.5 Å². The van der Waals surface area contributed by atoms with Crippen LogP contribution < -0.4 is 10.6 Å². The van der Waals surface area contributed by atoms with Crippen LogP contribution in [0.2, 0.25) is 0 Å². The second-order valence-electron chi connectivity index (χ2n) is 2.02. The van der Waals surface area contributed by atoms with Crippen LogP contribution in [-0.4, -0.2) is 30.3 Å². The van der Waals surface area contributed by atoms with Gasteiger partial charge < -0.3 is 15.7 Å². The minimum atomic E-state index is -0.758. The molecule has 3 N–H and O–H groups in total. The van der Waals surface area contributed by atoms with Crippen molar-refractivity contribution in [2.24, 2.45) is 0 Å². The van der Waals surface area contributed by atoms with Crippen molar-refractivity contribution in [1.29, 1.82) is 0 Å². The van der Waals surface area contributed by atoms with E-state index in [0.29, 0.717) is 0 Å². The maximum Gasteiger partial charge on any atom is 0.235 e. The van der Waals surface area contributed by atoms with Gasteiger partial charge in [-0.3, -0.25) is 4.79 Å². The summed E-state index contributed by atoms with van der Waals surface area (Å²) in [5.74, 6) is -0.183. The van der Waals surface area contributed by atoms with E-state index in [9.17, 15) is 4.79 Å². The summed E-state index contributed by atoms with van der Waals surface area (Å²) in [4.78, 5) is 10.7. The normalized spacial score (nSPS) is 12.7. The van der Waals surface area contributed by atoms with E-state index in [1.54, 1.807) is 0 Å². The van der Waals surface area contributed by atoms with E-state index in [0.717, 1.165) is 6.54 Å². The number of likely N-dealkylation sites (N-methyl/N-ethyl adjacent to an activating group) is 1. The van der Waals surface area contributed by atoms with Gasteiger partial charge in [-0.15, -0.1) is 0 Å². The van der Waals surface area contributed by atoms with Gasteiger partial charge in [-0.1, -0.05) is 6.92 Å². The molecule has 0 bridgehead atoms. The largest absolute Gasteiger partial charge is 0.374 e. The van der Waals surface area contributed by atoms with Crippen molar-refractivity contribution in [2.45, 2.75) is 20.1 Å². The fourth-order valence-electron chi connectivity index (χ4n) is 0.523. The van der Waals surface area contributed by atoms with Crippen molar-refractivity contribution in [3.63, 3.8) is 0 Å². The molecule has 0 spiro atoms. The van der Waals surface area contributed by atoms with Crippen molar-refractivity contribution in [3.8, 4) is 0 Å². The molecule has 10 heavy (non-hydrogen) atoms. The Hall–Kier alpha value is -0.610. The molecule has 1 amide bonds. The Morgan fingerprint density at radius 1 is 1.70 bits per heavy atom. The molecule has 4 heteroatoms. The minimum absolute atomic E-state index is 0.183. The van der Waals surface area contributed by atoms with E-state index in [1.165, 1.54) is 6.92 Å². The molecule has 1 atom stereocenters. The molecule has 0 aromatic carbocycles. The number of aliphatic hydroxyl groups is 1. The molecule has 0 aliphatic rings. The van der Waals surface area contributed by atoms with Crippen LogP contribution in [0.3, 0.4) is 0 Å². The molecule has 0 aromatic heterocycles. The zero-order valence-electron chi connectivity index (χ0n) is 6.35. The lowest BCUT2D eigenvalue weighted by Gasteiger charge is -2.06. The highest BCUT2D eigenvalue weighted by Gasteiger charge is 2.00. The van der Waals surface area contributed by atoms with Gasteiger partial charge in [0.15, 0.2) is 0 Å². The number of aliphatic hydroxyl groups excluding tert-OH is 1. The average molecular weight is 146 g/mol. The Labute approximate surface area is 60.6 Å². The maximum absolute atomic E-state index is 10.7. The molecule has 0 saturated carbocycles. The number of nitrogens with one attached hydrogen (secondary N) is 2. The first-order valence-corrected chi connectivity index (χ1v) is 3.35. The maximum atomic E-state index is 10.7. The van der Waals surface area contributed by atoms with Crippen LogP contribution in [0.4, 0.5) is 0 Å². The minimum Gasteiger partial charge on any atom is -0.374 e. The summed E-state index contributed by atoms with van der Waals surface area (Å²) in [5.41, 5.74) is 0. The molecule has 0 aromatic rings. The Kier molecular flexibility index (Phi) is 4.88. The third-order valence-electron chi connectivity index (χ3n) is 0.905. The van der Waals surface area contributed by atoms with Gasteiger partial charge in [0.2, 0.25) is 5.91 Å².